The zero-order valence-corrected chi connectivity index (χ0v) is 11.2. The van der Waals surface area contributed by atoms with Gasteiger partial charge < -0.3 is 10.1 Å². The van der Waals surface area contributed by atoms with Gasteiger partial charge in [0.05, 0.1) is 17.0 Å². The Balaban J connectivity index is 2.40. The number of hydrogen-bond acceptors (Lipinski definition) is 3. The molecule has 1 aromatic rings. The molecule has 0 radical (unpaired) electrons. The molecule has 0 aliphatic carbocycles. The second-order valence-corrected chi connectivity index (χ2v) is 5.27. The minimum absolute atomic E-state index is 0.0192. The average molecular weight is 292 g/mol. The Labute approximate surface area is 102 Å². The average Bonchev–Trinajstić information content (AvgIpc) is 2.61. The third-order valence-corrected chi connectivity index (χ3v) is 3.38. The van der Waals surface area contributed by atoms with Crippen molar-refractivity contribution in [3.63, 3.8) is 0 Å². The molecule has 1 amide bonds. The molecule has 1 N–H and O–H groups in total. The fraction of sp³-hybridized carbons (Fsp3) is 0.500. The lowest BCUT2D eigenvalue weighted by Gasteiger charge is -2.09. The third kappa shape index (κ3) is 3.93. The molecule has 1 atom stereocenters. The van der Waals surface area contributed by atoms with Gasteiger partial charge in [-0.1, -0.05) is 15.9 Å². The van der Waals surface area contributed by atoms with E-state index in [0.717, 1.165) is 11.1 Å². The number of ether oxygens (including phenoxy) is 1. The topological polar surface area (TPSA) is 38.3 Å². The molecule has 3 nitrogen and oxygen atoms in total. The lowest BCUT2D eigenvalue weighted by Crippen LogP contribution is -2.31. The molecule has 0 aliphatic rings. The largest absolute Gasteiger partial charge is 0.383 e. The van der Waals surface area contributed by atoms with Crippen molar-refractivity contribution >= 4 is 33.2 Å². The van der Waals surface area contributed by atoms with Crippen molar-refractivity contribution in [2.24, 2.45) is 0 Å². The number of amides is 1. The SMILES string of the molecule is COCC(Br)CNC(=O)c1cscc1C. The van der Waals surface area contributed by atoms with Gasteiger partial charge in [0, 0.05) is 19.0 Å². The Bertz CT molecular complexity index is 327. The first-order chi connectivity index (χ1) is 7.15. The number of hydrogen-bond donors (Lipinski definition) is 1. The highest BCUT2D eigenvalue weighted by molar-refractivity contribution is 9.09. The molecule has 0 saturated heterocycles. The van der Waals surface area contributed by atoms with E-state index in [0.29, 0.717) is 13.2 Å². The number of nitrogens with one attached hydrogen (secondary N) is 1. The smallest absolute Gasteiger partial charge is 0.252 e. The molecule has 1 aromatic heterocycles. The highest BCUT2D eigenvalue weighted by Crippen LogP contribution is 2.13. The van der Waals surface area contributed by atoms with Crippen LogP contribution in [0.25, 0.3) is 0 Å². The molecule has 15 heavy (non-hydrogen) atoms. The van der Waals surface area contributed by atoms with Crippen LogP contribution in [-0.4, -0.2) is 31.0 Å². The van der Waals surface area contributed by atoms with Crippen LogP contribution < -0.4 is 5.32 Å². The van der Waals surface area contributed by atoms with Crippen molar-refractivity contribution in [3.8, 4) is 0 Å². The maximum Gasteiger partial charge on any atom is 0.252 e. The summed E-state index contributed by atoms with van der Waals surface area (Å²) in [6.07, 6.45) is 0. The molecule has 0 bridgehead atoms. The molecule has 1 rings (SSSR count). The van der Waals surface area contributed by atoms with Crippen molar-refractivity contribution in [2.75, 3.05) is 20.3 Å². The van der Waals surface area contributed by atoms with E-state index in [2.05, 4.69) is 21.2 Å². The third-order valence-electron chi connectivity index (χ3n) is 1.93. The highest BCUT2D eigenvalue weighted by atomic mass is 79.9. The Kier molecular flexibility index (Phi) is 5.28. The molecule has 1 unspecified atom stereocenters. The fourth-order valence-corrected chi connectivity index (χ4v) is 2.39. The number of rotatable bonds is 5. The Morgan fingerprint density at radius 1 is 1.67 bits per heavy atom. The number of halogens is 1. The Morgan fingerprint density at radius 2 is 2.40 bits per heavy atom. The van der Waals surface area contributed by atoms with Crippen LogP contribution in [0.1, 0.15) is 15.9 Å². The van der Waals surface area contributed by atoms with Crippen molar-refractivity contribution in [2.45, 2.75) is 11.8 Å². The summed E-state index contributed by atoms with van der Waals surface area (Å²) in [5, 5.41) is 6.68. The molecular formula is C10H14BrNO2S. The van der Waals surface area contributed by atoms with E-state index in [9.17, 15) is 4.79 Å². The van der Waals surface area contributed by atoms with Gasteiger partial charge in [-0.15, -0.1) is 0 Å². The van der Waals surface area contributed by atoms with Crippen molar-refractivity contribution in [3.05, 3.63) is 21.9 Å². The lowest BCUT2D eigenvalue weighted by atomic mass is 10.2. The van der Waals surface area contributed by atoms with Gasteiger partial charge in [-0.2, -0.15) is 11.3 Å². The van der Waals surface area contributed by atoms with Crippen LogP contribution in [0.2, 0.25) is 0 Å². The molecule has 0 spiro atoms. The van der Waals surface area contributed by atoms with Crippen molar-refractivity contribution < 1.29 is 9.53 Å². The second kappa shape index (κ2) is 6.25. The fourth-order valence-electron chi connectivity index (χ4n) is 1.13. The quantitative estimate of drug-likeness (QED) is 0.845. The van der Waals surface area contributed by atoms with Crippen LogP contribution in [0.15, 0.2) is 10.8 Å². The first kappa shape index (κ1) is 12.7. The van der Waals surface area contributed by atoms with Crippen LogP contribution in [0.4, 0.5) is 0 Å². The van der Waals surface area contributed by atoms with E-state index < -0.39 is 0 Å². The van der Waals surface area contributed by atoms with Gasteiger partial charge in [-0.25, -0.2) is 0 Å². The number of carbonyl (C=O) groups excluding carboxylic acids is 1. The van der Waals surface area contributed by atoms with Crippen LogP contribution in [-0.2, 0) is 4.74 Å². The first-order valence-corrected chi connectivity index (χ1v) is 6.45. The normalized spacial score (nSPS) is 12.5. The standard InChI is InChI=1S/C10H14BrNO2S/c1-7-5-15-6-9(7)10(13)12-3-8(11)4-14-2/h5-6,8H,3-4H2,1-2H3,(H,12,13). The predicted molar refractivity (Wildman–Crippen MR) is 66.0 cm³/mol. The maximum absolute atomic E-state index is 11.7. The molecule has 5 heteroatoms. The summed E-state index contributed by atoms with van der Waals surface area (Å²) < 4.78 is 4.95. The summed E-state index contributed by atoms with van der Waals surface area (Å²) in [4.78, 5) is 11.8. The van der Waals surface area contributed by atoms with Gasteiger partial charge in [0.25, 0.3) is 5.91 Å². The number of carbonyl (C=O) groups is 1. The van der Waals surface area contributed by atoms with E-state index in [4.69, 9.17) is 4.74 Å². The molecule has 0 aliphatic heterocycles. The number of alkyl halides is 1. The van der Waals surface area contributed by atoms with Gasteiger partial charge in [-0.3, -0.25) is 4.79 Å². The van der Waals surface area contributed by atoms with Gasteiger partial charge >= 0.3 is 0 Å². The zero-order chi connectivity index (χ0) is 11.3. The minimum Gasteiger partial charge on any atom is -0.383 e. The predicted octanol–water partition coefficient (Wildman–Crippen LogP) is 2.20. The molecule has 84 valence electrons. The monoisotopic (exact) mass is 291 g/mol. The van der Waals surface area contributed by atoms with Crippen LogP contribution in [0.3, 0.4) is 0 Å². The molecule has 0 fully saturated rings. The summed E-state index contributed by atoms with van der Waals surface area (Å²) >= 11 is 4.95. The summed E-state index contributed by atoms with van der Waals surface area (Å²) in [7, 11) is 1.64. The van der Waals surface area contributed by atoms with Gasteiger partial charge in [0.1, 0.15) is 0 Å². The van der Waals surface area contributed by atoms with Gasteiger partial charge in [0.2, 0.25) is 0 Å². The molecule has 0 aromatic carbocycles. The number of methoxy groups -OCH3 is 1. The summed E-state index contributed by atoms with van der Waals surface area (Å²) in [6.45, 7) is 3.09. The van der Waals surface area contributed by atoms with E-state index in [-0.39, 0.29) is 10.7 Å². The molecular weight excluding hydrogens is 278 g/mol. The Hall–Kier alpha value is -0.390. The van der Waals surface area contributed by atoms with E-state index in [1.807, 2.05) is 17.7 Å². The summed E-state index contributed by atoms with van der Waals surface area (Å²) in [5.41, 5.74) is 1.78. The molecule has 0 saturated carbocycles. The number of thiophene rings is 1. The Morgan fingerprint density at radius 3 is 2.93 bits per heavy atom. The first-order valence-electron chi connectivity index (χ1n) is 4.59. The van der Waals surface area contributed by atoms with E-state index >= 15 is 0 Å². The zero-order valence-electron chi connectivity index (χ0n) is 8.75. The van der Waals surface area contributed by atoms with Crippen LogP contribution in [0.5, 0.6) is 0 Å². The van der Waals surface area contributed by atoms with Crippen LogP contribution in [0, 0.1) is 6.92 Å². The number of aryl methyl sites for hydroxylation is 1. The van der Waals surface area contributed by atoms with Crippen molar-refractivity contribution in [1.82, 2.24) is 5.32 Å². The molecule has 1 heterocycles. The minimum atomic E-state index is -0.0192. The highest BCUT2D eigenvalue weighted by Gasteiger charge is 2.11. The summed E-state index contributed by atoms with van der Waals surface area (Å²) in [5.74, 6) is -0.0192. The second-order valence-electron chi connectivity index (χ2n) is 3.23. The lowest BCUT2D eigenvalue weighted by molar-refractivity contribution is 0.0950. The van der Waals surface area contributed by atoms with E-state index in [1.165, 1.54) is 0 Å². The van der Waals surface area contributed by atoms with Gasteiger partial charge in [0.15, 0.2) is 0 Å². The maximum atomic E-state index is 11.7. The van der Waals surface area contributed by atoms with E-state index in [1.54, 1.807) is 18.4 Å². The van der Waals surface area contributed by atoms with Gasteiger partial charge in [-0.05, 0) is 17.9 Å². The van der Waals surface area contributed by atoms with Crippen LogP contribution >= 0.6 is 27.3 Å². The van der Waals surface area contributed by atoms with Crippen molar-refractivity contribution in [1.29, 1.82) is 0 Å². The summed E-state index contributed by atoms with van der Waals surface area (Å²) in [6, 6.07) is 0.